The second kappa shape index (κ2) is 3.85. The van der Waals surface area contributed by atoms with E-state index in [0.717, 1.165) is 0 Å². The average molecular weight is 186 g/mol. The highest BCUT2D eigenvalue weighted by atomic mass is 35.5. The predicted molar refractivity (Wildman–Crippen MR) is 38.7 cm³/mol. The Hall–Kier alpha value is -0.380. The van der Waals surface area contributed by atoms with Gasteiger partial charge < -0.3 is 4.90 Å². The highest BCUT2D eigenvalue weighted by molar-refractivity contribution is 6.21. The number of nitrogens with zero attached hydrogens (tertiary/aromatic N) is 1. The molecular formula is C6H10ClF2NO. The number of carbonyl (C=O) groups is 1. The number of alkyl halides is 3. The summed E-state index contributed by atoms with van der Waals surface area (Å²) in [6.45, 7) is 0. The molecule has 0 N–H and O–H groups in total. The normalized spacial score (nSPS) is 11.4. The summed E-state index contributed by atoms with van der Waals surface area (Å²) in [6, 6.07) is 0. The van der Waals surface area contributed by atoms with Crippen LogP contribution in [0.2, 0.25) is 0 Å². The topological polar surface area (TPSA) is 20.3 Å². The van der Waals surface area contributed by atoms with Crippen molar-refractivity contribution in [3.05, 3.63) is 0 Å². The lowest BCUT2D eigenvalue weighted by Crippen LogP contribution is -2.23. The van der Waals surface area contributed by atoms with Gasteiger partial charge in [0.2, 0.25) is 5.91 Å². The number of rotatable bonds is 3. The van der Waals surface area contributed by atoms with Gasteiger partial charge in [0.25, 0.3) is 0 Å². The first kappa shape index (κ1) is 10.6. The average Bonchev–Trinajstić information content (AvgIpc) is 1.80. The molecule has 0 radical (unpaired) electrons. The molecule has 2 nitrogen and oxygen atoms in total. The van der Waals surface area contributed by atoms with E-state index in [1.165, 1.54) is 19.0 Å². The molecule has 0 saturated carbocycles. The van der Waals surface area contributed by atoms with Gasteiger partial charge in [0.1, 0.15) is 0 Å². The van der Waals surface area contributed by atoms with Crippen LogP contribution in [-0.4, -0.2) is 30.3 Å². The van der Waals surface area contributed by atoms with Crippen LogP contribution in [0, 0.1) is 0 Å². The van der Waals surface area contributed by atoms with Crippen molar-refractivity contribution in [1.82, 2.24) is 4.90 Å². The molecule has 0 rings (SSSR count). The maximum absolute atomic E-state index is 11.9. The molecule has 0 saturated heterocycles. The van der Waals surface area contributed by atoms with Gasteiger partial charge in [0.05, 0.1) is 0 Å². The fraction of sp³-hybridized carbons (Fsp3) is 0.833. The van der Waals surface area contributed by atoms with Crippen molar-refractivity contribution >= 4 is 17.5 Å². The lowest BCUT2D eigenvalue weighted by Gasteiger charge is -2.11. The van der Waals surface area contributed by atoms with Crippen LogP contribution in [0.3, 0.4) is 0 Å². The second-order valence-electron chi connectivity index (χ2n) is 2.40. The molecule has 0 fully saturated rings. The Balaban J connectivity index is 3.64. The van der Waals surface area contributed by atoms with Crippen molar-refractivity contribution < 1.29 is 13.6 Å². The van der Waals surface area contributed by atoms with Gasteiger partial charge >= 0.3 is 5.38 Å². The predicted octanol–water partition coefficient (Wildman–Crippen LogP) is 1.69. The molecule has 0 aliphatic rings. The third kappa shape index (κ3) is 6.04. The first-order valence-corrected chi connectivity index (χ1v) is 3.47. The van der Waals surface area contributed by atoms with Crippen molar-refractivity contribution in [3.8, 4) is 0 Å². The molecule has 0 spiro atoms. The van der Waals surface area contributed by atoms with E-state index >= 15 is 0 Å². The Bertz CT molecular complexity index is 144. The standard InChI is InChI=1S/C6H10ClF2NO/c1-10(2)5(11)3-4-6(7,8)9/h3-4H2,1-2H3. The summed E-state index contributed by atoms with van der Waals surface area (Å²) < 4.78 is 23.9. The number of amides is 1. The van der Waals surface area contributed by atoms with E-state index in [2.05, 4.69) is 11.6 Å². The molecule has 0 heterocycles. The van der Waals surface area contributed by atoms with Gasteiger partial charge in [-0.25, -0.2) is 0 Å². The molecule has 0 aliphatic carbocycles. The summed E-state index contributed by atoms with van der Waals surface area (Å²) in [4.78, 5) is 12.0. The zero-order chi connectivity index (χ0) is 9.07. The summed E-state index contributed by atoms with van der Waals surface area (Å²) in [5, 5.41) is -3.26. The number of hydrogen-bond acceptors (Lipinski definition) is 1. The van der Waals surface area contributed by atoms with Crippen LogP contribution in [0.1, 0.15) is 12.8 Å². The molecule has 11 heavy (non-hydrogen) atoms. The second-order valence-corrected chi connectivity index (χ2v) is 2.96. The number of halogens is 3. The van der Waals surface area contributed by atoms with Gasteiger partial charge in [0, 0.05) is 26.9 Å². The highest BCUT2D eigenvalue weighted by Crippen LogP contribution is 2.24. The van der Waals surface area contributed by atoms with E-state index in [1.54, 1.807) is 0 Å². The molecule has 66 valence electrons. The fourth-order valence-corrected chi connectivity index (χ4v) is 0.567. The van der Waals surface area contributed by atoms with Gasteiger partial charge in [-0.15, -0.1) is 0 Å². The first-order valence-electron chi connectivity index (χ1n) is 3.10. The number of carbonyl (C=O) groups excluding carboxylic acids is 1. The van der Waals surface area contributed by atoms with Crippen molar-refractivity contribution in [1.29, 1.82) is 0 Å². The molecule has 0 unspecified atom stereocenters. The smallest absolute Gasteiger partial charge is 0.322 e. The number of hydrogen-bond donors (Lipinski definition) is 0. The van der Waals surface area contributed by atoms with Crippen molar-refractivity contribution in [2.24, 2.45) is 0 Å². The Labute approximate surface area is 69.1 Å². The van der Waals surface area contributed by atoms with Gasteiger partial charge in [-0.2, -0.15) is 8.78 Å². The molecule has 1 amide bonds. The van der Waals surface area contributed by atoms with Crippen LogP contribution in [0.15, 0.2) is 0 Å². The summed E-state index contributed by atoms with van der Waals surface area (Å²) in [6.07, 6.45) is -0.824. The molecule has 5 heteroatoms. The van der Waals surface area contributed by atoms with E-state index in [4.69, 9.17) is 0 Å². The summed E-state index contributed by atoms with van der Waals surface area (Å²) in [5.41, 5.74) is 0. The van der Waals surface area contributed by atoms with Crippen molar-refractivity contribution in [2.75, 3.05) is 14.1 Å². The van der Waals surface area contributed by atoms with E-state index in [-0.39, 0.29) is 12.3 Å². The molecular weight excluding hydrogens is 176 g/mol. The highest BCUT2D eigenvalue weighted by Gasteiger charge is 2.25. The largest absolute Gasteiger partial charge is 0.349 e. The van der Waals surface area contributed by atoms with Crippen molar-refractivity contribution in [2.45, 2.75) is 18.2 Å². The van der Waals surface area contributed by atoms with Crippen LogP contribution in [0.5, 0.6) is 0 Å². The molecule has 0 bridgehead atoms. The monoisotopic (exact) mass is 185 g/mol. The van der Waals surface area contributed by atoms with Gasteiger partial charge in [-0.1, -0.05) is 0 Å². The van der Waals surface area contributed by atoms with Crippen LogP contribution in [0.25, 0.3) is 0 Å². The Morgan fingerprint density at radius 1 is 1.55 bits per heavy atom. The summed E-state index contributed by atoms with van der Waals surface area (Å²) >= 11 is 4.58. The lowest BCUT2D eigenvalue weighted by atomic mass is 10.3. The molecule has 0 aromatic rings. The minimum absolute atomic E-state index is 0.219. The minimum atomic E-state index is -3.26. The van der Waals surface area contributed by atoms with E-state index < -0.39 is 11.8 Å². The summed E-state index contributed by atoms with van der Waals surface area (Å²) in [7, 11) is 3.02. The zero-order valence-electron chi connectivity index (χ0n) is 6.40. The van der Waals surface area contributed by atoms with Crippen LogP contribution < -0.4 is 0 Å². The third-order valence-electron chi connectivity index (χ3n) is 1.12. The van der Waals surface area contributed by atoms with Gasteiger partial charge in [0.15, 0.2) is 0 Å². The Morgan fingerprint density at radius 2 is 2.00 bits per heavy atom. The maximum atomic E-state index is 11.9. The molecule has 0 aromatic carbocycles. The van der Waals surface area contributed by atoms with Gasteiger partial charge in [-0.05, 0) is 11.6 Å². The third-order valence-corrected chi connectivity index (χ3v) is 1.31. The maximum Gasteiger partial charge on any atom is 0.322 e. The van der Waals surface area contributed by atoms with Gasteiger partial charge in [-0.3, -0.25) is 4.79 Å². The van der Waals surface area contributed by atoms with Crippen LogP contribution in [0.4, 0.5) is 8.78 Å². The fourth-order valence-electron chi connectivity index (χ4n) is 0.472. The SMILES string of the molecule is CN(C)C(=O)CCC(F)(F)Cl. The molecule has 0 atom stereocenters. The van der Waals surface area contributed by atoms with E-state index in [1.807, 2.05) is 0 Å². The van der Waals surface area contributed by atoms with Crippen molar-refractivity contribution in [3.63, 3.8) is 0 Å². The Morgan fingerprint density at radius 3 is 2.27 bits per heavy atom. The molecule has 0 aromatic heterocycles. The summed E-state index contributed by atoms with van der Waals surface area (Å²) in [5.74, 6) is -0.342. The van der Waals surface area contributed by atoms with Crippen LogP contribution in [-0.2, 0) is 4.79 Å². The lowest BCUT2D eigenvalue weighted by molar-refractivity contribution is -0.129. The Kier molecular flexibility index (Phi) is 3.72. The van der Waals surface area contributed by atoms with E-state index in [0.29, 0.717) is 0 Å². The molecule has 0 aliphatic heterocycles. The quantitative estimate of drug-likeness (QED) is 0.613. The first-order chi connectivity index (χ1) is 4.83. The van der Waals surface area contributed by atoms with E-state index in [9.17, 15) is 13.6 Å². The minimum Gasteiger partial charge on any atom is -0.349 e. The van der Waals surface area contributed by atoms with Crippen LogP contribution >= 0.6 is 11.6 Å². The zero-order valence-corrected chi connectivity index (χ0v) is 7.16.